The second-order valence-corrected chi connectivity index (χ2v) is 8.71. The van der Waals surface area contributed by atoms with Crippen LogP contribution in [0.15, 0.2) is 41.1 Å². The topological polar surface area (TPSA) is 50.3 Å². The van der Waals surface area contributed by atoms with Gasteiger partial charge in [0, 0.05) is 48.1 Å². The van der Waals surface area contributed by atoms with Gasteiger partial charge >= 0.3 is 0 Å². The van der Waals surface area contributed by atoms with Crippen molar-refractivity contribution in [2.45, 2.75) is 31.8 Å². The molecule has 0 amide bonds. The van der Waals surface area contributed by atoms with Crippen molar-refractivity contribution < 1.29 is 4.74 Å². The highest BCUT2D eigenvalue weighted by atomic mass is 79.9. The van der Waals surface area contributed by atoms with Gasteiger partial charge in [0.05, 0.1) is 7.11 Å². The first kappa shape index (κ1) is 17.7. The summed E-state index contributed by atoms with van der Waals surface area (Å²) in [6, 6.07) is 8.19. The lowest BCUT2D eigenvalue weighted by Crippen LogP contribution is -2.41. The minimum atomic E-state index is 0.203. The smallest absolute Gasteiger partial charge is 0.212 e. The fourth-order valence-corrected chi connectivity index (χ4v) is 4.71. The SMILES string of the molecule is COc1ccc(CNC2(C)CC3CN(c4ccc(Br)cn4)CC3C2)cn1. The summed E-state index contributed by atoms with van der Waals surface area (Å²) in [5, 5.41) is 3.78. The van der Waals surface area contributed by atoms with Crippen molar-refractivity contribution in [1.82, 2.24) is 15.3 Å². The number of methoxy groups -OCH3 is 1. The van der Waals surface area contributed by atoms with Crippen LogP contribution in [0.3, 0.4) is 0 Å². The Labute approximate surface area is 163 Å². The van der Waals surface area contributed by atoms with E-state index in [1.807, 2.05) is 18.5 Å². The first-order valence-electron chi connectivity index (χ1n) is 9.15. The second kappa shape index (κ2) is 7.16. The Bertz CT molecular complexity index is 735. The van der Waals surface area contributed by atoms with Gasteiger partial charge in [-0.2, -0.15) is 0 Å². The van der Waals surface area contributed by atoms with Gasteiger partial charge in [0.1, 0.15) is 5.82 Å². The minimum Gasteiger partial charge on any atom is -0.481 e. The van der Waals surface area contributed by atoms with Gasteiger partial charge in [-0.3, -0.25) is 0 Å². The first-order valence-corrected chi connectivity index (χ1v) is 9.94. The number of anilines is 1. The molecule has 1 N–H and O–H groups in total. The molecule has 1 saturated heterocycles. The number of hydrogen-bond donors (Lipinski definition) is 1. The van der Waals surface area contributed by atoms with Gasteiger partial charge in [-0.15, -0.1) is 0 Å². The van der Waals surface area contributed by atoms with Gasteiger partial charge < -0.3 is 15.0 Å². The third kappa shape index (κ3) is 3.71. The molecule has 26 heavy (non-hydrogen) atoms. The molecule has 2 atom stereocenters. The molecular formula is C20H25BrN4O. The molecule has 2 unspecified atom stereocenters. The largest absolute Gasteiger partial charge is 0.481 e. The quantitative estimate of drug-likeness (QED) is 0.805. The van der Waals surface area contributed by atoms with E-state index in [4.69, 9.17) is 4.74 Å². The van der Waals surface area contributed by atoms with E-state index >= 15 is 0 Å². The van der Waals surface area contributed by atoms with Gasteiger partial charge in [0.15, 0.2) is 0 Å². The van der Waals surface area contributed by atoms with Crippen molar-refractivity contribution >= 4 is 21.7 Å². The summed E-state index contributed by atoms with van der Waals surface area (Å²) in [6.07, 6.45) is 6.21. The van der Waals surface area contributed by atoms with E-state index in [0.29, 0.717) is 5.88 Å². The standard InChI is InChI=1S/C20H25BrN4O/c1-20(24-10-14-3-6-19(26-2)23-9-14)7-15-12-25(13-16(15)8-20)18-5-4-17(21)11-22-18/h3-6,9,11,15-16,24H,7-8,10,12-13H2,1-2H3. The molecule has 4 rings (SSSR count). The van der Waals surface area contributed by atoms with Crippen LogP contribution in [-0.4, -0.2) is 35.7 Å². The maximum atomic E-state index is 5.13. The molecule has 2 aromatic rings. The van der Waals surface area contributed by atoms with Gasteiger partial charge in [0.25, 0.3) is 0 Å². The first-order chi connectivity index (χ1) is 12.5. The second-order valence-electron chi connectivity index (χ2n) is 7.79. The maximum Gasteiger partial charge on any atom is 0.212 e. The van der Waals surface area contributed by atoms with Gasteiger partial charge in [-0.1, -0.05) is 6.07 Å². The van der Waals surface area contributed by atoms with Crippen LogP contribution in [0.4, 0.5) is 5.82 Å². The lowest BCUT2D eigenvalue weighted by molar-refractivity contribution is 0.340. The number of nitrogens with zero attached hydrogens (tertiary/aromatic N) is 3. The molecule has 2 aromatic heterocycles. The number of pyridine rings is 2. The van der Waals surface area contributed by atoms with Crippen LogP contribution in [0.25, 0.3) is 0 Å². The van der Waals surface area contributed by atoms with Crippen molar-refractivity contribution in [3.63, 3.8) is 0 Å². The molecule has 1 saturated carbocycles. The molecule has 1 aliphatic heterocycles. The van der Waals surface area contributed by atoms with E-state index in [-0.39, 0.29) is 5.54 Å². The highest BCUT2D eigenvalue weighted by molar-refractivity contribution is 9.10. The van der Waals surface area contributed by atoms with E-state index in [2.05, 4.69) is 61.2 Å². The Balaban J connectivity index is 1.33. The molecule has 0 radical (unpaired) electrons. The fourth-order valence-electron chi connectivity index (χ4n) is 4.48. The monoisotopic (exact) mass is 416 g/mol. The molecule has 5 nitrogen and oxygen atoms in total. The van der Waals surface area contributed by atoms with Crippen LogP contribution >= 0.6 is 15.9 Å². The third-order valence-corrected chi connectivity index (χ3v) is 6.23. The zero-order valence-corrected chi connectivity index (χ0v) is 16.9. The Morgan fingerprint density at radius 3 is 2.50 bits per heavy atom. The van der Waals surface area contributed by atoms with Crippen molar-refractivity contribution in [3.05, 3.63) is 46.7 Å². The van der Waals surface area contributed by atoms with Crippen LogP contribution in [-0.2, 0) is 6.54 Å². The summed E-state index contributed by atoms with van der Waals surface area (Å²) in [5.41, 5.74) is 1.40. The van der Waals surface area contributed by atoms with Crippen LogP contribution in [0.2, 0.25) is 0 Å². The molecule has 6 heteroatoms. The predicted molar refractivity (Wildman–Crippen MR) is 106 cm³/mol. The number of fused-ring (bicyclic) bond motifs is 1. The van der Waals surface area contributed by atoms with Crippen LogP contribution in [0.5, 0.6) is 5.88 Å². The summed E-state index contributed by atoms with van der Waals surface area (Å²) in [5.74, 6) is 3.25. The van der Waals surface area contributed by atoms with E-state index in [9.17, 15) is 0 Å². The Morgan fingerprint density at radius 1 is 1.15 bits per heavy atom. The fraction of sp³-hybridized carbons (Fsp3) is 0.500. The van der Waals surface area contributed by atoms with E-state index in [1.165, 1.54) is 18.4 Å². The van der Waals surface area contributed by atoms with Gasteiger partial charge in [-0.05, 0) is 65.2 Å². The zero-order chi connectivity index (χ0) is 18.1. The number of nitrogens with one attached hydrogen (secondary N) is 1. The zero-order valence-electron chi connectivity index (χ0n) is 15.3. The summed E-state index contributed by atoms with van der Waals surface area (Å²) in [6.45, 7) is 5.44. The maximum absolute atomic E-state index is 5.13. The molecule has 0 spiro atoms. The highest BCUT2D eigenvalue weighted by Crippen LogP contribution is 2.44. The number of aromatic nitrogens is 2. The van der Waals surface area contributed by atoms with Gasteiger partial charge in [-0.25, -0.2) is 9.97 Å². The van der Waals surface area contributed by atoms with Crippen LogP contribution in [0.1, 0.15) is 25.3 Å². The highest BCUT2D eigenvalue weighted by Gasteiger charge is 2.46. The van der Waals surface area contributed by atoms with Crippen LogP contribution < -0.4 is 15.0 Å². The Hall–Kier alpha value is -1.66. The molecule has 2 fully saturated rings. The van der Waals surface area contributed by atoms with Crippen molar-refractivity contribution in [1.29, 1.82) is 0 Å². The number of ether oxygens (including phenoxy) is 1. The number of halogens is 1. The molecule has 138 valence electrons. The summed E-state index contributed by atoms with van der Waals surface area (Å²) < 4.78 is 6.16. The molecule has 0 bridgehead atoms. The predicted octanol–water partition coefficient (Wildman–Crippen LogP) is 3.64. The molecule has 1 aliphatic carbocycles. The Kier molecular flexibility index (Phi) is 4.88. The lowest BCUT2D eigenvalue weighted by Gasteiger charge is -2.29. The van der Waals surface area contributed by atoms with Crippen molar-refractivity contribution in [3.8, 4) is 5.88 Å². The lowest BCUT2D eigenvalue weighted by atomic mass is 9.97. The third-order valence-electron chi connectivity index (χ3n) is 5.76. The average Bonchev–Trinajstić information content (AvgIpc) is 3.16. The normalized spacial score (nSPS) is 27.6. The summed E-state index contributed by atoms with van der Waals surface area (Å²) >= 11 is 3.46. The molecule has 3 heterocycles. The van der Waals surface area contributed by atoms with E-state index in [0.717, 1.165) is 41.8 Å². The van der Waals surface area contributed by atoms with E-state index in [1.54, 1.807) is 7.11 Å². The van der Waals surface area contributed by atoms with Gasteiger partial charge in [0.2, 0.25) is 5.88 Å². The van der Waals surface area contributed by atoms with Crippen molar-refractivity contribution in [2.24, 2.45) is 11.8 Å². The Morgan fingerprint density at radius 2 is 1.92 bits per heavy atom. The molecule has 0 aromatic carbocycles. The van der Waals surface area contributed by atoms with Crippen LogP contribution in [0, 0.1) is 11.8 Å². The average molecular weight is 417 g/mol. The van der Waals surface area contributed by atoms with Crippen molar-refractivity contribution in [2.75, 3.05) is 25.1 Å². The number of hydrogen-bond acceptors (Lipinski definition) is 5. The molecule has 2 aliphatic rings. The minimum absolute atomic E-state index is 0.203. The summed E-state index contributed by atoms with van der Waals surface area (Å²) in [4.78, 5) is 11.3. The molecular weight excluding hydrogens is 392 g/mol. The van der Waals surface area contributed by atoms with E-state index < -0.39 is 0 Å². The number of rotatable bonds is 5. The summed E-state index contributed by atoms with van der Waals surface area (Å²) in [7, 11) is 1.64.